The van der Waals surface area contributed by atoms with Crippen molar-refractivity contribution in [1.29, 1.82) is 0 Å². The Balaban J connectivity index is 2.63. The molecule has 6 unspecified atom stereocenters. The number of esters is 1. The standard InChI is InChI=1S/C28H54O12S/c1-3-5-7-9-11-12-13-15-17-24(30)38-22(20-36-18-16-14-10-8-6-4-2)21-37-28-26(32)27(40-41(33,34)35)25(31)23(19-29)39-28/h22-23,25-29,31-32H,3-21H2,1-2H3,(H,33,34,35). The number of unbranched alkanes of at least 4 members (excludes halogenated alkanes) is 12. The van der Waals surface area contributed by atoms with Crippen LogP contribution in [0.15, 0.2) is 0 Å². The van der Waals surface area contributed by atoms with Gasteiger partial charge in [0.25, 0.3) is 0 Å². The third kappa shape index (κ3) is 17.7. The van der Waals surface area contributed by atoms with Gasteiger partial charge in [0.05, 0.1) is 19.8 Å². The van der Waals surface area contributed by atoms with Gasteiger partial charge in [-0.1, -0.05) is 90.9 Å². The Hall–Kier alpha value is -0.900. The van der Waals surface area contributed by atoms with Crippen molar-refractivity contribution in [1.82, 2.24) is 0 Å². The minimum atomic E-state index is -5.04. The van der Waals surface area contributed by atoms with Gasteiger partial charge in [-0.25, -0.2) is 4.18 Å². The van der Waals surface area contributed by atoms with Gasteiger partial charge in [-0.3, -0.25) is 9.35 Å². The van der Waals surface area contributed by atoms with Crippen LogP contribution < -0.4 is 0 Å². The van der Waals surface area contributed by atoms with Gasteiger partial charge >= 0.3 is 16.4 Å². The average molecular weight is 615 g/mol. The summed E-state index contributed by atoms with van der Waals surface area (Å²) in [6.07, 6.45) is 6.33. The first-order chi connectivity index (χ1) is 19.6. The highest BCUT2D eigenvalue weighted by atomic mass is 32.3. The largest absolute Gasteiger partial charge is 0.457 e. The van der Waals surface area contributed by atoms with Crippen LogP contribution in [0.3, 0.4) is 0 Å². The summed E-state index contributed by atoms with van der Waals surface area (Å²) in [6.45, 7) is 3.85. The molecule has 244 valence electrons. The van der Waals surface area contributed by atoms with Gasteiger partial charge in [-0.2, -0.15) is 8.42 Å². The van der Waals surface area contributed by atoms with Gasteiger partial charge in [0.15, 0.2) is 6.29 Å². The van der Waals surface area contributed by atoms with E-state index in [1.54, 1.807) is 0 Å². The second kappa shape index (κ2) is 22.6. The molecule has 12 nitrogen and oxygen atoms in total. The normalized spacial score (nSPS) is 23.9. The van der Waals surface area contributed by atoms with Crippen molar-refractivity contribution < 1.29 is 56.2 Å². The zero-order valence-corrected chi connectivity index (χ0v) is 25.7. The lowest BCUT2D eigenvalue weighted by Crippen LogP contribution is -2.60. The van der Waals surface area contributed by atoms with Gasteiger partial charge in [-0.15, -0.1) is 0 Å². The molecular weight excluding hydrogens is 560 g/mol. The van der Waals surface area contributed by atoms with Crippen molar-refractivity contribution in [2.24, 2.45) is 0 Å². The molecule has 0 radical (unpaired) electrons. The molecule has 1 rings (SSSR count). The van der Waals surface area contributed by atoms with Crippen molar-refractivity contribution in [3.63, 3.8) is 0 Å². The molecule has 0 aromatic heterocycles. The molecule has 1 aliphatic heterocycles. The van der Waals surface area contributed by atoms with Gasteiger partial charge < -0.3 is 34.3 Å². The minimum Gasteiger partial charge on any atom is -0.457 e. The van der Waals surface area contributed by atoms with Crippen LogP contribution in [-0.4, -0.2) is 97.5 Å². The summed E-state index contributed by atoms with van der Waals surface area (Å²) in [6, 6.07) is 0. The van der Waals surface area contributed by atoms with E-state index in [9.17, 15) is 28.5 Å². The quantitative estimate of drug-likeness (QED) is 0.0670. The molecule has 1 aliphatic rings. The summed E-state index contributed by atoms with van der Waals surface area (Å²) in [5, 5.41) is 30.2. The van der Waals surface area contributed by atoms with Crippen LogP contribution in [0.25, 0.3) is 0 Å². The molecule has 6 atom stereocenters. The maximum absolute atomic E-state index is 12.5. The topological polar surface area (TPSA) is 178 Å². The molecule has 0 spiro atoms. The molecule has 0 amide bonds. The van der Waals surface area contributed by atoms with Crippen molar-refractivity contribution in [2.75, 3.05) is 26.4 Å². The molecule has 0 aromatic carbocycles. The maximum Gasteiger partial charge on any atom is 0.397 e. The molecule has 1 fully saturated rings. The molecule has 0 saturated carbocycles. The van der Waals surface area contributed by atoms with E-state index in [0.717, 1.165) is 38.5 Å². The molecule has 1 saturated heterocycles. The van der Waals surface area contributed by atoms with Crippen molar-refractivity contribution in [3.05, 3.63) is 0 Å². The summed E-state index contributed by atoms with van der Waals surface area (Å²) < 4.78 is 58.1. The number of rotatable bonds is 25. The Morgan fingerprint density at radius 1 is 0.829 bits per heavy atom. The number of carbonyl (C=O) groups is 1. The van der Waals surface area contributed by atoms with Crippen LogP contribution in [0, 0.1) is 0 Å². The smallest absolute Gasteiger partial charge is 0.397 e. The third-order valence-corrected chi connectivity index (χ3v) is 7.44. The zero-order valence-electron chi connectivity index (χ0n) is 24.9. The number of aliphatic hydroxyl groups is 3. The Labute approximate surface area is 246 Å². The highest BCUT2D eigenvalue weighted by Gasteiger charge is 2.48. The van der Waals surface area contributed by atoms with E-state index in [1.165, 1.54) is 44.9 Å². The first kappa shape index (κ1) is 38.1. The lowest BCUT2D eigenvalue weighted by molar-refractivity contribution is -0.301. The van der Waals surface area contributed by atoms with E-state index < -0.39 is 59.8 Å². The summed E-state index contributed by atoms with van der Waals surface area (Å²) in [5.41, 5.74) is 0. The summed E-state index contributed by atoms with van der Waals surface area (Å²) in [7, 11) is -5.04. The van der Waals surface area contributed by atoms with Gasteiger partial charge in [0, 0.05) is 13.0 Å². The molecule has 1 heterocycles. The lowest BCUT2D eigenvalue weighted by atomic mass is 9.99. The highest BCUT2D eigenvalue weighted by molar-refractivity contribution is 7.80. The van der Waals surface area contributed by atoms with Crippen LogP contribution in [0.5, 0.6) is 0 Å². The van der Waals surface area contributed by atoms with Crippen molar-refractivity contribution >= 4 is 16.4 Å². The predicted molar refractivity (Wildman–Crippen MR) is 151 cm³/mol. The Morgan fingerprint density at radius 3 is 1.95 bits per heavy atom. The molecule has 0 bridgehead atoms. The predicted octanol–water partition coefficient (Wildman–Crippen LogP) is 3.45. The van der Waals surface area contributed by atoms with E-state index in [-0.39, 0.29) is 19.6 Å². The van der Waals surface area contributed by atoms with Gasteiger partial charge in [0.1, 0.15) is 30.5 Å². The fourth-order valence-corrected chi connectivity index (χ4v) is 5.12. The zero-order chi connectivity index (χ0) is 30.5. The van der Waals surface area contributed by atoms with Crippen LogP contribution in [0.2, 0.25) is 0 Å². The van der Waals surface area contributed by atoms with Crippen LogP contribution in [-0.2, 0) is 38.3 Å². The number of hydrogen-bond acceptors (Lipinski definition) is 11. The molecule has 41 heavy (non-hydrogen) atoms. The first-order valence-electron chi connectivity index (χ1n) is 15.3. The van der Waals surface area contributed by atoms with E-state index in [4.69, 9.17) is 23.5 Å². The Kier molecular flexibility index (Phi) is 21.0. The number of carbonyl (C=O) groups excluding carboxylic acids is 1. The fraction of sp³-hybridized carbons (Fsp3) is 0.964. The molecule has 13 heteroatoms. The van der Waals surface area contributed by atoms with Crippen LogP contribution in [0.4, 0.5) is 0 Å². The van der Waals surface area contributed by atoms with E-state index in [1.807, 2.05) is 0 Å². The fourth-order valence-electron chi connectivity index (χ4n) is 4.61. The minimum absolute atomic E-state index is 0.0396. The van der Waals surface area contributed by atoms with Crippen molar-refractivity contribution in [3.8, 4) is 0 Å². The van der Waals surface area contributed by atoms with Crippen LogP contribution in [0.1, 0.15) is 110 Å². The SMILES string of the molecule is CCCCCCCCCCC(=O)OC(COCCCCCCCC)COC1OC(CO)C(O)C(OS(=O)(=O)O)C1O. The molecular formula is C28H54O12S. The molecule has 0 aromatic rings. The number of hydrogen-bond donors (Lipinski definition) is 4. The summed E-state index contributed by atoms with van der Waals surface area (Å²) >= 11 is 0. The molecule has 0 aliphatic carbocycles. The second-order valence-electron chi connectivity index (χ2n) is 10.7. The molecule has 4 N–H and O–H groups in total. The van der Waals surface area contributed by atoms with E-state index in [0.29, 0.717) is 13.0 Å². The van der Waals surface area contributed by atoms with Gasteiger partial charge in [-0.05, 0) is 12.8 Å². The lowest BCUT2D eigenvalue weighted by Gasteiger charge is -2.41. The second-order valence-corrected chi connectivity index (χ2v) is 11.8. The third-order valence-electron chi connectivity index (χ3n) is 6.98. The Bertz CT molecular complexity index is 765. The number of ether oxygens (including phenoxy) is 4. The summed E-state index contributed by atoms with van der Waals surface area (Å²) in [4.78, 5) is 12.5. The van der Waals surface area contributed by atoms with E-state index >= 15 is 0 Å². The monoisotopic (exact) mass is 614 g/mol. The van der Waals surface area contributed by atoms with Crippen molar-refractivity contribution in [2.45, 2.75) is 147 Å². The maximum atomic E-state index is 12.5. The summed E-state index contributed by atoms with van der Waals surface area (Å²) in [5.74, 6) is -0.408. The Morgan fingerprint density at radius 2 is 1.39 bits per heavy atom. The average Bonchev–Trinajstić information content (AvgIpc) is 2.92. The van der Waals surface area contributed by atoms with E-state index in [2.05, 4.69) is 18.0 Å². The number of aliphatic hydroxyl groups excluding tert-OH is 3. The van der Waals surface area contributed by atoms with Gasteiger partial charge in [0.2, 0.25) is 0 Å². The highest BCUT2D eigenvalue weighted by Crippen LogP contribution is 2.26. The first-order valence-corrected chi connectivity index (χ1v) is 16.7. The van der Waals surface area contributed by atoms with Crippen LogP contribution >= 0.6 is 0 Å².